The van der Waals surface area contributed by atoms with Gasteiger partial charge in [0.25, 0.3) is 0 Å². The zero-order chi connectivity index (χ0) is 16.2. The number of pyridine rings is 2. The summed E-state index contributed by atoms with van der Waals surface area (Å²) in [5, 5.41) is 2.89. The van der Waals surface area contributed by atoms with Crippen LogP contribution in [0.4, 0.5) is 11.5 Å². The van der Waals surface area contributed by atoms with Crippen LogP contribution in [0.1, 0.15) is 12.8 Å². The average molecular weight is 440 g/mol. The SMILES string of the molecule is O=C(Nc1ccc(Br)cn1)C1CCN(c2cncc(Br)c2)CC1. The molecule has 0 saturated carbocycles. The van der Waals surface area contributed by atoms with E-state index in [1.807, 2.05) is 12.3 Å². The van der Waals surface area contributed by atoms with Gasteiger partial charge in [0.05, 0.1) is 11.9 Å². The molecular weight excluding hydrogens is 424 g/mol. The first-order valence-corrected chi connectivity index (χ1v) is 8.98. The van der Waals surface area contributed by atoms with Crippen molar-refractivity contribution in [2.45, 2.75) is 12.8 Å². The highest BCUT2D eigenvalue weighted by atomic mass is 79.9. The van der Waals surface area contributed by atoms with Gasteiger partial charge in [-0.2, -0.15) is 0 Å². The second kappa shape index (κ2) is 7.40. The van der Waals surface area contributed by atoms with Crippen LogP contribution in [0.2, 0.25) is 0 Å². The smallest absolute Gasteiger partial charge is 0.228 e. The third-order valence-electron chi connectivity index (χ3n) is 3.90. The quantitative estimate of drug-likeness (QED) is 0.788. The maximum atomic E-state index is 12.3. The second-order valence-corrected chi connectivity index (χ2v) is 7.30. The molecule has 2 aromatic rings. The van der Waals surface area contributed by atoms with Crippen LogP contribution in [-0.2, 0) is 4.79 Å². The molecule has 5 nitrogen and oxygen atoms in total. The molecule has 1 aliphatic heterocycles. The standard InChI is InChI=1S/C16H16Br2N4O/c17-12-1-2-15(20-9-12)21-16(23)11-3-5-22(6-4-11)14-7-13(18)8-19-10-14/h1-2,7-11H,3-6H2,(H,20,21,23). The number of anilines is 2. The highest BCUT2D eigenvalue weighted by Gasteiger charge is 2.25. The normalized spacial score (nSPS) is 15.5. The molecular formula is C16H16Br2N4O. The number of hydrogen-bond donors (Lipinski definition) is 1. The molecule has 1 aliphatic rings. The number of hydrogen-bond acceptors (Lipinski definition) is 4. The molecule has 0 spiro atoms. The molecule has 0 atom stereocenters. The van der Waals surface area contributed by atoms with Crippen molar-refractivity contribution in [1.82, 2.24) is 9.97 Å². The van der Waals surface area contributed by atoms with Crippen LogP contribution >= 0.6 is 31.9 Å². The van der Waals surface area contributed by atoms with Crippen molar-refractivity contribution in [2.75, 3.05) is 23.3 Å². The van der Waals surface area contributed by atoms with Gasteiger partial charge in [-0.15, -0.1) is 0 Å². The molecule has 0 unspecified atom stereocenters. The van der Waals surface area contributed by atoms with Crippen molar-refractivity contribution < 1.29 is 4.79 Å². The molecule has 0 aromatic carbocycles. The zero-order valence-electron chi connectivity index (χ0n) is 12.4. The van der Waals surface area contributed by atoms with E-state index in [0.717, 1.165) is 40.6 Å². The number of halogens is 2. The summed E-state index contributed by atoms with van der Waals surface area (Å²) in [6, 6.07) is 5.72. The summed E-state index contributed by atoms with van der Waals surface area (Å²) in [6.45, 7) is 1.70. The van der Waals surface area contributed by atoms with Crippen molar-refractivity contribution in [1.29, 1.82) is 0 Å². The fourth-order valence-electron chi connectivity index (χ4n) is 2.65. The topological polar surface area (TPSA) is 58.1 Å². The van der Waals surface area contributed by atoms with Gasteiger partial charge < -0.3 is 10.2 Å². The molecule has 1 saturated heterocycles. The number of carbonyl (C=O) groups excluding carboxylic acids is 1. The third-order valence-corrected chi connectivity index (χ3v) is 4.80. The van der Waals surface area contributed by atoms with E-state index in [9.17, 15) is 4.79 Å². The minimum atomic E-state index is 0.0248. The van der Waals surface area contributed by atoms with E-state index >= 15 is 0 Å². The highest BCUT2D eigenvalue weighted by Crippen LogP contribution is 2.25. The van der Waals surface area contributed by atoms with Gasteiger partial charge in [-0.3, -0.25) is 9.78 Å². The van der Waals surface area contributed by atoms with Crippen LogP contribution in [0.25, 0.3) is 0 Å². The van der Waals surface area contributed by atoms with E-state index in [1.54, 1.807) is 18.5 Å². The zero-order valence-corrected chi connectivity index (χ0v) is 15.5. The van der Waals surface area contributed by atoms with Crippen molar-refractivity contribution in [3.63, 3.8) is 0 Å². The maximum absolute atomic E-state index is 12.3. The molecule has 3 rings (SSSR count). The number of nitrogens with one attached hydrogen (secondary N) is 1. The third kappa shape index (κ3) is 4.29. The van der Waals surface area contributed by atoms with Gasteiger partial charge in [-0.25, -0.2) is 4.98 Å². The Hall–Kier alpha value is -1.47. The molecule has 1 N–H and O–H groups in total. The number of nitrogens with zero attached hydrogens (tertiary/aromatic N) is 3. The predicted molar refractivity (Wildman–Crippen MR) is 97.4 cm³/mol. The van der Waals surface area contributed by atoms with Crippen molar-refractivity contribution in [2.24, 2.45) is 5.92 Å². The van der Waals surface area contributed by atoms with Crippen LogP contribution in [-0.4, -0.2) is 29.0 Å². The van der Waals surface area contributed by atoms with Gasteiger partial charge in [-0.05, 0) is 62.9 Å². The van der Waals surface area contributed by atoms with E-state index in [4.69, 9.17) is 0 Å². The number of rotatable bonds is 3. The average Bonchev–Trinajstić information content (AvgIpc) is 2.57. The van der Waals surface area contributed by atoms with Crippen LogP contribution in [0.3, 0.4) is 0 Å². The molecule has 0 radical (unpaired) electrons. The lowest BCUT2D eigenvalue weighted by atomic mass is 9.95. The van der Waals surface area contributed by atoms with Crippen LogP contribution in [0.5, 0.6) is 0 Å². The molecule has 1 fully saturated rings. The Labute approximate surface area is 151 Å². The summed E-state index contributed by atoms with van der Waals surface area (Å²) in [4.78, 5) is 23.0. The van der Waals surface area contributed by atoms with Crippen molar-refractivity contribution in [3.05, 3.63) is 45.7 Å². The Morgan fingerprint density at radius 3 is 2.57 bits per heavy atom. The molecule has 23 heavy (non-hydrogen) atoms. The minimum Gasteiger partial charge on any atom is -0.370 e. The second-order valence-electron chi connectivity index (χ2n) is 5.47. The number of amides is 1. The van der Waals surface area contributed by atoms with Crippen molar-refractivity contribution in [3.8, 4) is 0 Å². The monoisotopic (exact) mass is 438 g/mol. The van der Waals surface area contributed by atoms with E-state index < -0.39 is 0 Å². The Kier molecular flexibility index (Phi) is 5.27. The first kappa shape index (κ1) is 16.4. The summed E-state index contributed by atoms with van der Waals surface area (Å²) < 4.78 is 1.86. The van der Waals surface area contributed by atoms with E-state index in [-0.39, 0.29) is 11.8 Å². The Bertz CT molecular complexity index is 685. The fraction of sp³-hybridized carbons (Fsp3) is 0.312. The van der Waals surface area contributed by atoms with Gasteiger partial charge in [0.2, 0.25) is 5.91 Å². The molecule has 7 heteroatoms. The van der Waals surface area contributed by atoms with E-state index in [1.165, 1.54) is 0 Å². The van der Waals surface area contributed by atoms with Gasteiger partial charge >= 0.3 is 0 Å². The van der Waals surface area contributed by atoms with Gasteiger partial charge in [0, 0.05) is 40.3 Å². The molecule has 2 aromatic heterocycles. The van der Waals surface area contributed by atoms with E-state index in [0.29, 0.717) is 5.82 Å². The Balaban J connectivity index is 1.56. The van der Waals surface area contributed by atoms with Gasteiger partial charge in [0.1, 0.15) is 5.82 Å². The summed E-state index contributed by atoms with van der Waals surface area (Å²) in [6.07, 6.45) is 6.97. The maximum Gasteiger partial charge on any atom is 0.228 e. The summed E-state index contributed by atoms with van der Waals surface area (Å²) >= 11 is 6.78. The molecule has 120 valence electrons. The summed E-state index contributed by atoms with van der Waals surface area (Å²) in [5.41, 5.74) is 1.09. The Morgan fingerprint density at radius 1 is 1.13 bits per heavy atom. The lowest BCUT2D eigenvalue weighted by Gasteiger charge is -2.32. The molecule has 0 aliphatic carbocycles. The lowest BCUT2D eigenvalue weighted by molar-refractivity contribution is -0.120. The summed E-state index contributed by atoms with van der Waals surface area (Å²) in [7, 11) is 0. The highest BCUT2D eigenvalue weighted by molar-refractivity contribution is 9.10. The fourth-order valence-corrected chi connectivity index (χ4v) is 3.24. The Morgan fingerprint density at radius 2 is 1.91 bits per heavy atom. The largest absolute Gasteiger partial charge is 0.370 e. The first-order chi connectivity index (χ1) is 11.1. The molecule has 0 bridgehead atoms. The van der Waals surface area contributed by atoms with Crippen LogP contribution in [0.15, 0.2) is 45.7 Å². The number of piperidine rings is 1. The van der Waals surface area contributed by atoms with Gasteiger partial charge in [0.15, 0.2) is 0 Å². The first-order valence-electron chi connectivity index (χ1n) is 7.40. The minimum absolute atomic E-state index is 0.0248. The van der Waals surface area contributed by atoms with Crippen LogP contribution < -0.4 is 10.2 Å². The number of carbonyl (C=O) groups is 1. The molecule has 3 heterocycles. The molecule has 1 amide bonds. The van der Waals surface area contributed by atoms with Crippen LogP contribution in [0, 0.1) is 5.92 Å². The van der Waals surface area contributed by atoms with Crippen molar-refractivity contribution >= 4 is 49.3 Å². The summed E-state index contributed by atoms with van der Waals surface area (Å²) in [5.74, 6) is 0.667. The predicted octanol–water partition coefficient (Wildman–Crippen LogP) is 3.86. The van der Waals surface area contributed by atoms with Gasteiger partial charge in [-0.1, -0.05) is 0 Å². The van der Waals surface area contributed by atoms with E-state index in [2.05, 4.69) is 58.1 Å². The number of aromatic nitrogens is 2. The lowest BCUT2D eigenvalue weighted by Crippen LogP contribution is -2.38.